The smallest absolute Gasteiger partial charge is 0.249 e. The minimum absolute atomic E-state index is 0.156. The number of nitrogens with one attached hydrogen (secondary N) is 1. The third-order valence-corrected chi connectivity index (χ3v) is 4.77. The molecule has 160 valence electrons. The van der Waals surface area contributed by atoms with Gasteiger partial charge in [0.25, 0.3) is 0 Å². The second kappa shape index (κ2) is 9.69. The third kappa shape index (κ3) is 4.77. The summed E-state index contributed by atoms with van der Waals surface area (Å²) in [5.74, 6) is 2.46. The molecule has 3 aromatic rings. The Bertz CT molecular complexity index is 1000. The molecule has 2 aromatic heterocycles. The Labute approximate surface area is 176 Å². The number of ether oxygens (including phenoxy) is 1. The average Bonchev–Trinajstić information content (AvgIpc) is 3.24. The molecule has 2 heterocycles. The molecular weight excluding hydrogens is 382 g/mol. The zero-order chi connectivity index (χ0) is 21.7. The number of benzene rings is 1. The lowest BCUT2D eigenvalue weighted by atomic mass is 10.0. The Balaban J connectivity index is 1.88. The molecule has 0 amide bonds. The van der Waals surface area contributed by atoms with Crippen LogP contribution in [0.5, 0.6) is 5.75 Å². The van der Waals surface area contributed by atoms with E-state index in [0.29, 0.717) is 11.8 Å². The monoisotopic (exact) mass is 411 g/mol. The lowest BCUT2D eigenvalue weighted by Gasteiger charge is -2.16. The molecule has 8 nitrogen and oxygen atoms in total. The Morgan fingerprint density at radius 3 is 2.43 bits per heavy atom. The summed E-state index contributed by atoms with van der Waals surface area (Å²) >= 11 is 0. The molecule has 4 N–H and O–H groups in total. The van der Waals surface area contributed by atoms with Crippen molar-refractivity contribution >= 4 is 5.82 Å². The topological polar surface area (TPSA) is 119 Å². The molecule has 3 rings (SSSR count). The maximum absolute atomic E-state index is 9.69. The van der Waals surface area contributed by atoms with Crippen LogP contribution in [0.4, 0.5) is 5.82 Å². The Kier molecular flexibility index (Phi) is 7.02. The van der Waals surface area contributed by atoms with Crippen LogP contribution in [0.15, 0.2) is 28.8 Å². The van der Waals surface area contributed by atoms with E-state index in [-0.39, 0.29) is 13.2 Å². The molecule has 0 fully saturated rings. The van der Waals surface area contributed by atoms with Crippen LogP contribution in [0.2, 0.25) is 0 Å². The predicted octanol–water partition coefficient (Wildman–Crippen LogP) is 3.11. The number of hydrogen-bond acceptors (Lipinski definition) is 8. The van der Waals surface area contributed by atoms with Gasteiger partial charge in [-0.3, -0.25) is 0 Å². The van der Waals surface area contributed by atoms with Crippen molar-refractivity contribution in [2.24, 2.45) is 5.73 Å². The van der Waals surface area contributed by atoms with E-state index in [1.54, 1.807) is 6.20 Å². The number of aliphatic hydroxyl groups excluding tert-OH is 1. The fourth-order valence-electron chi connectivity index (χ4n) is 3.19. The second-order valence-electron chi connectivity index (χ2n) is 7.17. The lowest BCUT2D eigenvalue weighted by molar-refractivity contribution is 0.113. The molecular formula is C22H29N5O3. The molecule has 0 bridgehead atoms. The van der Waals surface area contributed by atoms with Gasteiger partial charge in [0.05, 0.1) is 5.56 Å². The number of aromatic nitrogens is 3. The van der Waals surface area contributed by atoms with E-state index in [9.17, 15) is 5.11 Å². The van der Waals surface area contributed by atoms with Gasteiger partial charge in [-0.1, -0.05) is 6.92 Å². The largest absolute Gasteiger partial charge is 0.490 e. The van der Waals surface area contributed by atoms with E-state index in [1.807, 2.05) is 45.9 Å². The average molecular weight is 412 g/mol. The van der Waals surface area contributed by atoms with Crippen LogP contribution in [0.25, 0.3) is 22.9 Å². The van der Waals surface area contributed by atoms with Crippen LogP contribution in [0.1, 0.15) is 30.5 Å². The number of nitrogens with two attached hydrogens (primary N) is 1. The summed E-state index contributed by atoms with van der Waals surface area (Å²) in [6.45, 7) is 9.14. The normalized spacial score (nSPS) is 12.1. The zero-order valence-electron chi connectivity index (χ0n) is 17.9. The van der Waals surface area contributed by atoms with Gasteiger partial charge in [-0.05, 0) is 62.1 Å². The molecule has 0 aliphatic carbocycles. The van der Waals surface area contributed by atoms with Gasteiger partial charge >= 0.3 is 0 Å². The van der Waals surface area contributed by atoms with Crippen LogP contribution in [-0.2, 0) is 6.42 Å². The first-order valence-corrected chi connectivity index (χ1v) is 10.2. The van der Waals surface area contributed by atoms with Crippen molar-refractivity contribution < 1.29 is 14.3 Å². The van der Waals surface area contributed by atoms with E-state index in [4.69, 9.17) is 14.9 Å². The molecule has 1 atom stereocenters. The van der Waals surface area contributed by atoms with Gasteiger partial charge in [0, 0.05) is 24.8 Å². The Morgan fingerprint density at radius 2 is 1.80 bits per heavy atom. The first kappa shape index (κ1) is 21.7. The standard InChI is InChI=1S/C22H29N5O3/c1-5-15-9-16(7-13(3)19(15)29-12-18(28)10-23)21-26-27-22(30-21)17-8-14(4)20(24-6-2)25-11-17/h7-9,11,18,28H,5-6,10,12,23H2,1-4H3,(H,24,25)/t18-/m0/s1. The SMILES string of the molecule is CCNc1ncc(-c2nnc(-c3cc(C)c(OC[C@@H](O)CN)c(CC)c3)o2)cc1C. The van der Waals surface area contributed by atoms with Gasteiger partial charge in [-0.25, -0.2) is 4.98 Å². The first-order valence-electron chi connectivity index (χ1n) is 10.2. The van der Waals surface area contributed by atoms with E-state index in [0.717, 1.165) is 52.4 Å². The summed E-state index contributed by atoms with van der Waals surface area (Å²) < 4.78 is 11.8. The quantitative estimate of drug-likeness (QED) is 0.491. The van der Waals surface area contributed by atoms with Gasteiger partial charge in [0.1, 0.15) is 24.3 Å². The molecule has 0 radical (unpaired) electrons. The van der Waals surface area contributed by atoms with Gasteiger partial charge in [-0.2, -0.15) is 0 Å². The predicted molar refractivity (Wildman–Crippen MR) is 117 cm³/mol. The number of nitrogens with zero attached hydrogens (tertiary/aromatic N) is 3. The summed E-state index contributed by atoms with van der Waals surface area (Å²) in [4.78, 5) is 4.44. The maximum Gasteiger partial charge on any atom is 0.249 e. The first-order chi connectivity index (χ1) is 14.5. The molecule has 0 unspecified atom stereocenters. The van der Waals surface area contributed by atoms with Crippen LogP contribution in [0, 0.1) is 13.8 Å². The Hall–Kier alpha value is -2.97. The van der Waals surface area contributed by atoms with Crippen LogP contribution >= 0.6 is 0 Å². The van der Waals surface area contributed by atoms with Crippen LogP contribution < -0.4 is 15.8 Å². The summed E-state index contributed by atoms with van der Waals surface area (Å²) in [5, 5.41) is 21.3. The van der Waals surface area contributed by atoms with E-state index < -0.39 is 6.10 Å². The highest BCUT2D eigenvalue weighted by Crippen LogP contribution is 2.32. The third-order valence-electron chi connectivity index (χ3n) is 4.77. The van der Waals surface area contributed by atoms with Crippen molar-refractivity contribution in [2.75, 3.05) is 25.0 Å². The summed E-state index contributed by atoms with van der Waals surface area (Å²) in [6.07, 6.45) is 1.80. The molecule has 0 saturated carbocycles. The molecule has 8 heteroatoms. The molecule has 0 spiro atoms. The number of rotatable bonds is 9. The fraction of sp³-hybridized carbons (Fsp3) is 0.409. The zero-order valence-corrected chi connectivity index (χ0v) is 17.9. The molecule has 0 aliphatic rings. The lowest BCUT2D eigenvalue weighted by Crippen LogP contribution is -2.27. The summed E-state index contributed by atoms with van der Waals surface area (Å²) in [7, 11) is 0. The van der Waals surface area contributed by atoms with Crippen molar-refractivity contribution in [3.8, 4) is 28.7 Å². The van der Waals surface area contributed by atoms with Crippen molar-refractivity contribution in [3.05, 3.63) is 41.1 Å². The van der Waals surface area contributed by atoms with Crippen molar-refractivity contribution in [2.45, 2.75) is 40.2 Å². The summed E-state index contributed by atoms with van der Waals surface area (Å²) in [6, 6.07) is 5.90. The van der Waals surface area contributed by atoms with Crippen LogP contribution in [0.3, 0.4) is 0 Å². The highest BCUT2D eigenvalue weighted by molar-refractivity contribution is 5.63. The highest BCUT2D eigenvalue weighted by atomic mass is 16.5. The highest BCUT2D eigenvalue weighted by Gasteiger charge is 2.16. The van der Waals surface area contributed by atoms with Gasteiger partial charge < -0.3 is 25.3 Å². The molecule has 30 heavy (non-hydrogen) atoms. The number of hydrogen-bond donors (Lipinski definition) is 3. The fourth-order valence-corrected chi connectivity index (χ4v) is 3.19. The van der Waals surface area contributed by atoms with E-state index >= 15 is 0 Å². The maximum atomic E-state index is 9.69. The number of aliphatic hydroxyl groups is 1. The number of anilines is 1. The molecule has 1 aromatic carbocycles. The molecule has 0 saturated heterocycles. The van der Waals surface area contributed by atoms with E-state index in [2.05, 4.69) is 20.5 Å². The van der Waals surface area contributed by atoms with Crippen LogP contribution in [-0.4, -0.2) is 46.1 Å². The van der Waals surface area contributed by atoms with E-state index in [1.165, 1.54) is 0 Å². The van der Waals surface area contributed by atoms with Gasteiger partial charge in [0.15, 0.2) is 0 Å². The number of pyridine rings is 1. The van der Waals surface area contributed by atoms with Crippen molar-refractivity contribution in [3.63, 3.8) is 0 Å². The minimum Gasteiger partial charge on any atom is -0.490 e. The van der Waals surface area contributed by atoms with Crippen molar-refractivity contribution in [1.82, 2.24) is 15.2 Å². The van der Waals surface area contributed by atoms with Gasteiger partial charge in [0.2, 0.25) is 11.8 Å². The summed E-state index contributed by atoms with van der Waals surface area (Å²) in [5.41, 5.74) is 10.0. The Morgan fingerprint density at radius 1 is 1.10 bits per heavy atom. The van der Waals surface area contributed by atoms with Crippen molar-refractivity contribution in [1.29, 1.82) is 0 Å². The minimum atomic E-state index is -0.691. The molecule has 0 aliphatic heterocycles. The van der Waals surface area contributed by atoms with Gasteiger partial charge in [-0.15, -0.1) is 10.2 Å². The second-order valence-corrected chi connectivity index (χ2v) is 7.17. The number of aryl methyl sites for hydroxylation is 3.